The van der Waals surface area contributed by atoms with E-state index in [0.29, 0.717) is 36.0 Å². The molecule has 2 aromatic heterocycles. The molecule has 26 heavy (non-hydrogen) atoms. The van der Waals surface area contributed by atoms with Crippen molar-refractivity contribution in [2.24, 2.45) is 0 Å². The molecule has 1 saturated heterocycles. The lowest BCUT2D eigenvalue weighted by Gasteiger charge is -2.15. The van der Waals surface area contributed by atoms with Gasteiger partial charge in [-0.15, -0.1) is 10.2 Å². The van der Waals surface area contributed by atoms with Gasteiger partial charge in [0.1, 0.15) is 5.69 Å². The molecule has 8 nitrogen and oxygen atoms in total. The van der Waals surface area contributed by atoms with Crippen LogP contribution >= 0.6 is 0 Å². The van der Waals surface area contributed by atoms with Crippen LogP contribution in [-0.4, -0.2) is 46.0 Å². The minimum atomic E-state index is -3.51. The summed E-state index contributed by atoms with van der Waals surface area (Å²) >= 11 is 0. The molecule has 0 bridgehead atoms. The lowest BCUT2D eigenvalue weighted by atomic mass is 10.1. The van der Waals surface area contributed by atoms with Gasteiger partial charge in [0.25, 0.3) is 5.89 Å². The van der Waals surface area contributed by atoms with Crippen molar-refractivity contribution in [2.45, 2.75) is 24.2 Å². The van der Waals surface area contributed by atoms with Crippen LogP contribution in [0.25, 0.3) is 11.6 Å². The number of nitrogens with zero attached hydrogens (tertiary/aromatic N) is 5. The summed E-state index contributed by atoms with van der Waals surface area (Å²) in [6, 6.07) is 8.42. The molecule has 1 atom stereocenters. The van der Waals surface area contributed by atoms with Gasteiger partial charge in [-0.1, -0.05) is 18.2 Å². The third-order valence-electron chi connectivity index (χ3n) is 4.32. The molecule has 1 aromatic carbocycles. The highest BCUT2D eigenvalue weighted by atomic mass is 32.2. The minimum Gasteiger partial charge on any atom is -0.419 e. The number of rotatable bonds is 4. The van der Waals surface area contributed by atoms with Crippen LogP contribution in [0, 0.1) is 6.92 Å². The summed E-state index contributed by atoms with van der Waals surface area (Å²) in [7, 11) is -3.51. The Morgan fingerprint density at radius 2 is 1.92 bits per heavy atom. The normalized spacial score (nSPS) is 18.3. The molecule has 1 aliphatic heterocycles. The van der Waals surface area contributed by atoms with Crippen molar-refractivity contribution >= 4 is 10.0 Å². The zero-order valence-electron chi connectivity index (χ0n) is 14.1. The van der Waals surface area contributed by atoms with Crippen LogP contribution < -0.4 is 0 Å². The van der Waals surface area contributed by atoms with Crippen molar-refractivity contribution in [3.8, 4) is 11.6 Å². The fraction of sp³-hybridized carbons (Fsp3) is 0.294. The van der Waals surface area contributed by atoms with Crippen molar-refractivity contribution in [3.63, 3.8) is 0 Å². The van der Waals surface area contributed by atoms with Crippen LogP contribution in [0.15, 0.2) is 52.0 Å². The van der Waals surface area contributed by atoms with Gasteiger partial charge in [0, 0.05) is 19.3 Å². The van der Waals surface area contributed by atoms with Gasteiger partial charge in [0.2, 0.25) is 15.9 Å². The number of aryl methyl sites for hydroxylation is 1. The molecule has 3 heterocycles. The number of aromatic nitrogens is 4. The van der Waals surface area contributed by atoms with E-state index in [1.165, 1.54) is 4.31 Å². The van der Waals surface area contributed by atoms with E-state index in [9.17, 15) is 8.42 Å². The zero-order chi connectivity index (χ0) is 18.1. The third-order valence-corrected chi connectivity index (χ3v) is 6.20. The summed E-state index contributed by atoms with van der Waals surface area (Å²) in [5, 5.41) is 8.10. The van der Waals surface area contributed by atoms with Crippen molar-refractivity contribution in [1.82, 2.24) is 24.5 Å². The third kappa shape index (κ3) is 3.11. The van der Waals surface area contributed by atoms with Gasteiger partial charge < -0.3 is 4.42 Å². The van der Waals surface area contributed by atoms with Crippen LogP contribution in [0.3, 0.4) is 0 Å². The number of benzene rings is 1. The van der Waals surface area contributed by atoms with Crippen molar-refractivity contribution in [2.75, 3.05) is 13.1 Å². The van der Waals surface area contributed by atoms with Crippen LogP contribution in [0.2, 0.25) is 0 Å². The smallest absolute Gasteiger partial charge is 0.267 e. The molecule has 9 heteroatoms. The summed E-state index contributed by atoms with van der Waals surface area (Å²) in [5.74, 6) is 0.582. The molecule has 0 saturated carbocycles. The highest BCUT2D eigenvalue weighted by Gasteiger charge is 2.35. The summed E-state index contributed by atoms with van der Waals surface area (Å²) in [6.45, 7) is 2.58. The monoisotopic (exact) mass is 371 g/mol. The molecular weight excluding hydrogens is 354 g/mol. The van der Waals surface area contributed by atoms with E-state index in [2.05, 4.69) is 20.2 Å². The molecule has 0 aliphatic carbocycles. The molecule has 4 rings (SSSR count). The topological polar surface area (TPSA) is 102 Å². The van der Waals surface area contributed by atoms with Crippen molar-refractivity contribution in [3.05, 3.63) is 54.3 Å². The highest BCUT2D eigenvalue weighted by molar-refractivity contribution is 7.89. The van der Waals surface area contributed by atoms with E-state index in [4.69, 9.17) is 4.42 Å². The maximum atomic E-state index is 12.7. The van der Waals surface area contributed by atoms with Crippen LogP contribution in [0.4, 0.5) is 0 Å². The van der Waals surface area contributed by atoms with Crippen LogP contribution in [-0.2, 0) is 10.0 Å². The number of hydrogen-bond donors (Lipinski definition) is 0. The Hall–Kier alpha value is -2.65. The molecule has 0 unspecified atom stereocenters. The summed E-state index contributed by atoms with van der Waals surface area (Å²) < 4.78 is 32.6. The average molecular weight is 371 g/mol. The average Bonchev–Trinajstić information content (AvgIpc) is 3.33. The number of sulfonamides is 1. The Kier molecular flexibility index (Phi) is 4.25. The minimum absolute atomic E-state index is 0.131. The summed E-state index contributed by atoms with van der Waals surface area (Å²) in [5.41, 5.74) is 1.30. The molecule has 3 aromatic rings. The Morgan fingerprint density at radius 3 is 2.65 bits per heavy atom. The molecule has 134 valence electrons. The van der Waals surface area contributed by atoms with E-state index < -0.39 is 10.0 Å². The van der Waals surface area contributed by atoms with Crippen LogP contribution in [0.5, 0.6) is 0 Å². The van der Waals surface area contributed by atoms with Crippen molar-refractivity contribution in [1.29, 1.82) is 0 Å². The molecule has 1 fully saturated rings. The van der Waals surface area contributed by atoms with Gasteiger partial charge in [0.15, 0.2) is 0 Å². The predicted molar refractivity (Wildman–Crippen MR) is 92.6 cm³/mol. The van der Waals surface area contributed by atoms with E-state index in [1.807, 2.05) is 6.92 Å². The Morgan fingerprint density at radius 1 is 1.12 bits per heavy atom. The standard InChI is InChI=1S/C17H17N5O3S/c1-12-9-19-15(10-18-12)17-21-20-16(25-17)13-7-8-22(11-13)26(23,24)14-5-3-2-4-6-14/h2-6,9-10,13H,7-8,11H2,1H3/t13-/m1/s1. The first kappa shape index (κ1) is 16.8. The largest absolute Gasteiger partial charge is 0.419 e. The molecule has 0 radical (unpaired) electrons. The van der Waals surface area contributed by atoms with E-state index in [1.54, 1.807) is 42.7 Å². The second kappa shape index (κ2) is 6.58. The molecule has 0 spiro atoms. The fourth-order valence-electron chi connectivity index (χ4n) is 2.90. The van der Waals surface area contributed by atoms with Gasteiger partial charge in [-0.3, -0.25) is 4.98 Å². The Labute approximate surface area is 151 Å². The summed E-state index contributed by atoms with van der Waals surface area (Å²) in [6.07, 6.45) is 3.84. The molecule has 1 aliphatic rings. The van der Waals surface area contributed by atoms with Gasteiger partial charge >= 0.3 is 0 Å². The maximum Gasteiger partial charge on any atom is 0.267 e. The van der Waals surface area contributed by atoms with Gasteiger partial charge in [-0.25, -0.2) is 13.4 Å². The first-order valence-electron chi connectivity index (χ1n) is 8.21. The predicted octanol–water partition coefficient (Wildman–Crippen LogP) is 2.01. The Balaban J connectivity index is 1.52. The fourth-order valence-corrected chi connectivity index (χ4v) is 4.42. The molecular formula is C17H17N5O3S. The number of hydrogen-bond acceptors (Lipinski definition) is 7. The second-order valence-electron chi connectivity index (χ2n) is 6.15. The highest BCUT2D eigenvalue weighted by Crippen LogP contribution is 2.31. The Bertz CT molecular complexity index is 1000. The van der Waals surface area contributed by atoms with Gasteiger partial charge in [-0.2, -0.15) is 4.31 Å². The zero-order valence-corrected chi connectivity index (χ0v) is 14.9. The summed E-state index contributed by atoms with van der Waals surface area (Å²) in [4.78, 5) is 8.67. The maximum absolute atomic E-state index is 12.7. The SMILES string of the molecule is Cc1cnc(-c2nnc([C@@H]3CCN(S(=O)(=O)c4ccccc4)C3)o2)cn1. The van der Waals surface area contributed by atoms with Gasteiger partial charge in [0.05, 0.1) is 22.7 Å². The van der Waals surface area contributed by atoms with E-state index >= 15 is 0 Å². The van der Waals surface area contributed by atoms with E-state index in [0.717, 1.165) is 5.69 Å². The first-order chi connectivity index (χ1) is 12.5. The van der Waals surface area contributed by atoms with E-state index in [-0.39, 0.29) is 11.8 Å². The molecule has 0 amide bonds. The lowest BCUT2D eigenvalue weighted by Crippen LogP contribution is -2.28. The lowest BCUT2D eigenvalue weighted by molar-refractivity contribution is 0.439. The second-order valence-corrected chi connectivity index (χ2v) is 8.09. The van der Waals surface area contributed by atoms with Gasteiger partial charge in [-0.05, 0) is 25.5 Å². The molecule has 0 N–H and O–H groups in total. The van der Waals surface area contributed by atoms with Crippen molar-refractivity contribution < 1.29 is 12.8 Å². The van der Waals surface area contributed by atoms with Crippen LogP contribution in [0.1, 0.15) is 23.9 Å². The quantitative estimate of drug-likeness (QED) is 0.691. The first-order valence-corrected chi connectivity index (χ1v) is 9.65.